The van der Waals surface area contributed by atoms with Gasteiger partial charge in [0, 0.05) is 19.0 Å². The molecule has 13 heteroatoms. The minimum atomic E-state index is -2.76. The van der Waals surface area contributed by atoms with Gasteiger partial charge in [0.1, 0.15) is 0 Å². The van der Waals surface area contributed by atoms with Crippen LogP contribution in [0.25, 0.3) is 11.1 Å². The van der Waals surface area contributed by atoms with Gasteiger partial charge in [0.15, 0.2) is 10.6 Å². The summed E-state index contributed by atoms with van der Waals surface area (Å²) in [4.78, 5) is 33.9. The first kappa shape index (κ1) is 18.6. The van der Waals surface area contributed by atoms with Crippen LogP contribution in [0, 0.1) is 10.1 Å². The zero-order valence-electron chi connectivity index (χ0n) is 13.4. The minimum Gasteiger partial charge on any atom is -0.407 e. The van der Waals surface area contributed by atoms with E-state index in [4.69, 9.17) is 4.42 Å². The third-order valence-electron chi connectivity index (χ3n) is 3.52. The number of halogens is 2. The molecular formula is C14H11F2N5O5S. The van der Waals surface area contributed by atoms with Crippen molar-refractivity contribution in [3.63, 3.8) is 0 Å². The van der Waals surface area contributed by atoms with Crippen molar-refractivity contribution in [2.75, 3.05) is 5.32 Å². The number of hydrogen-bond acceptors (Lipinski definition) is 8. The largest absolute Gasteiger partial charge is 0.419 e. The Morgan fingerprint density at radius 2 is 2.19 bits per heavy atom. The second kappa shape index (κ2) is 7.57. The third-order valence-corrected chi connectivity index (χ3v) is 4.37. The predicted molar refractivity (Wildman–Crippen MR) is 89.9 cm³/mol. The van der Waals surface area contributed by atoms with Crippen LogP contribution in [0.4, 0.5) is 19.6 Å². The summed E-state index contributed by atoms with van der Waals surface area (Å²) in [6.07, 6.45) is -2.52. The number of benzene rings is 1. The summed E-state index contributed by atoms with van der Waals surface area (Å²) in [6.45, 7) is 0.134. The lowest BCUT2D eigenvalue weighted by Crippen LogP contribution is -2.17. The maximum Gasteiger partial charge on any atom is 0.419 e. The van der Waals surface area contributed by atoms with Gasteiger partial charge in [0.2, 0.25) is 11.0 Å². The Bertz CT molecular complexity index is 1060. The van der Waals surface area contributed by atoms with E-state index >= 15 is 0 Å². The number of alkyl halides is 2. The van der Waals surface area contributed by atoms with Crippen LogP contribution in [0.3, 0.4) is 0 Å². The van der Waals surface area contributed by atoms with Gasteiger partial charge in [-0.2, -0.15) is 0 Å². The average Bonchev–Trinajstić information content (AvgIpc) is 3.19. The van der Waals surface area contributed by atoms with Gasteiger partial charge < -0.3 is 9.73 Å². The van der Waals surface area contributed by atoms with Gasteiger partial charge in [-0.05, 0) is 12.5 Å². The van der Waals surface area contributed by atoms with E-state index in [-0.39, 0.29) is 35.8 Å². The molecule has 0 fully saturated rings. The van der Waals surface area contributed by atoms with Crippen LogP contribution < -0.4 is 11.1 Å². The number of nitro groups is 1. The van der Waals surface area contributed by atoms with Crippen LogP contribution in [0.2, 0.25) is 0 Å². The van der Waals surface area contributed by atoms with Crippen LogP contribution in [0.15, 0.2) is 27.4 Å². The van der Waals surface area contributed by atoms with Crippen LogP contribution in [0.1, 0.15) is 24.3 Å². The van der Waals surface area contributed by atoms with Crippen molar-refractivity contribution in [1.29, 1.82) is 0 Å². The molecule has 27 heavy (non-hydrogen) atoms. The summed E-state index contributed by atoms with van der Waals surface area (Å²) < 4.78 is 31.1. The Labute approximate surface area is 152 Å². The molecule has 0 atom stereocenters. The predicted octanol–water partition coefficient (Wildman–Crippen LogP) is 2.71. The number of oxazole rings is 1. The normalized spacial score (nSPS) is 11.2. The zero-order valence-corrected chi connectivity index (χ0v) is 14.2. The Morgan fingerprint density at radius 3 is 2.85 bits per heavy atom. The number of non-ortho nitro benzene ring substituents is 1. The molecule has 142 valence electrons. The van der Waals surface area contributed by atoms with Crippen LogP contribution >= 0.6 is 11.3 Å². The number of carbonyl (C=O) groups excluding carboxylic acids is 1. The van der Waals surface area contributed by atoms with Crippen molar-refractivity contribution in [3.8, 4) is 0 Å². The topological polar surface area (TPSA) is 133 Å². The number of nitrogens with one attached hydrogen (secondary N) is 1. The second-order valence-electron chi connectivity index (χ2n) is 5.33. The molecule has 0 aliphatic carbocycles. The molecule has 1 aromatic carbocycles. The van der Waals surface area contributed by atoms with Crippen molar-refractivity contribution in [2.45, 2.75) is 25.8 Å². The van der Waals surface area contributed by atoms with Gasteiger partial charge in [-0.15, -0.1) is 10.2 Å². The number of fused-ring (bicyclic) bond motifs is 1. The quantitative estimate of drug-likeness (QED) is 0.477. The van der Waals surface area contributed by atoms with Crippen LogP contribution in [-0.2, 0) is 11.3 Å². The first-order chi connectivity index (χ1) is 12.8. The smallest absolute Gasteiger partial charge is 0.407 e. The molecule has 0 bridgehead atoms. The maximum atomic E-state index is 12.4. The molecule has 0 aliphatic heterocycles. The molecule has 0 saturated heterocycles. The van der Waals surface area contributed by atoms with Gasteiger partial charge in [0.05, 0.1) is 16.5 Å². The van der Waals surface area contributed by atoms with Gasteiger partial charge in [0.25, 0.3) is 12.1 Å². The summed E-state index contributed by atoms with van der Waals surface area (Å²) >= 11 is 0.579. The van der Waals surface area contributed by atoms with Gasteiger partial charge >= 0.3 is 5.76 Å². The highest BCUT2D eigenvalue weighted by Gasteiger charge is 2.16. The fourth-order valence-corrected chi connectivity index (χ4v) is 2.95. The Balaban J connectivity index is 1.61. The number of rotatable bonds is 7. The molecule has 1 N–H and O–H groups in total. The zero-order chi connectivity index (χ0) is 19.6. The first-order valence-electron chi connectivity index (χ1n) is 7.54. The number of aromatic nitrogens is 3. The van der Waals surface area contributed by atoms with E-state index < -0.39 is 28.0 Å². The lowest BCUT2D eigenvalue weighted by atomic mass is 10.2. The molecule has 1 amide bonds. The third kappa shape index (κ3) is 4.13. The Hall–Kier alpha value is -3.22. The van der Waals surface area contributed by atoms with E-state index in [1.807, 2.05) is 0 Å². The van der Waals surface area contributed by atoms with Crippen molar-refractivity contribution in [3.05, 3.63) is 43.9 Å². The first-order valence-corrected chi connectivity index (χ1v) is 8.36. The van der Waals surface area contributed by atoms with Gasteiger partial charge in [-0.25, -0.2) is 13.6 Å². The number of amides is 1. The monoisotopic (exact) mass is 399 g/mol. The molecule has 0 aliphatic rings. The molecule has 10 nitrogen and oxygen atoms in total. The van der Waals surface area contributed by atoms with Gasteiger partial charge in [-0.3, -0.25) is 19.5 Å². The SMILES string of the molecule is O=C(CCCn1c(=O)oc2cc([N+](=O)[O-])ccc21)Nc1nnc(C(F)F)s1. The molecule has 0 unspecified atom stereocenters. The fraction of sp³-hybridized carbons (Fsp3) is 0.286. The highest BCUT2D eigenvalue weighted by molar-refractivity contribution is 7.15. The standard InChI is InChI=1S/C14H11F2N5O5S/c15-11(16)12-18-19-13(27-12)17-10(22)2-1-5-20-8-4-3-7(21(24)25)6-9(8)26-14(20)23/h3-4,6,11H,1-2,5H2,(H,17,19,22). The highest BCUT2D eigenvalue weighted by Crippen LogP contribution is 2.25. The van der Waals surface area contributed by atoms with Gasteiger partial charge in [-0.1, -0.05) is 11.3 Å². The van der Waals surface area contributed by atoms with E-state index in [2.05, 4.69) is 15.5 Å². The lowest BCUT2D eigenvalue weighted by Gasteiger charge is -2.03. The molecule has 2 heterocycles. The van der Waals surface area contributed by atoms with Crippen molar-refractivity contribution < 1.29 is 22.9 Å². The van der Waals surface area contributed by atoms with Crippen molar-refractivity contribution >= 4 is 39.2 Å². The summed E-state index contributed by atoms with van der Waals surface area (Å²) in [6, 6.07) is 3.79. The van der Waals surface area contributed by atoms with Crippen molar-refractivity contribution in [2.24, 2.45) is 0 Å². The number of nitrogens with zero attached hydrogens (tertiary/aromatic N) is 4. The number of anilines is 1. The molecule has 3 rings (SSSR count). The number of carbonyl (C=O) groups is 1. The van der Waals surface area contributed by atoms with E-state index in [1.54, 1.807) is 0 Å². The lowest BCUT2D eigenvalue weighted by molar-refractivity contribution is -0.384. The van der Waals surface area contributed by atoms with E-state index in [0.717, 1.165) is 6.07 Å². The second-order valence-corrected chi connectivity index (χ2v) is 6.34. The van der Waals surface area contributed by atoms with Crippen LogP contribution in [-0.4, -0.2) is 25.6 Å². The molecule has 0 radical (unpaired) electrons. The molecule has 2 aromatic heterocycles. The van der Waals surface area contributed by atoms with E-state index in [0.29, 0.717) is 16.9 Å². The molecule has 0 spiro atoms. The molecular weight excluding hydrogens is 388 g/mol. The average molecular weight is 399 g/mol. The summed E-state index contributed by atoms with van der Waals surface area (Å²) in [5, 5.41) is 19.3. The Kier molecular flexibility index (Phi) is 5.21. The minimum absolute atomic E-state index is 0.00428. The fourth-order valence-electron chi connectivity index (χ4n) is 2.33. The Morgan fingerprint density at radius 1 is 1.41 bits per heavy atom. The van der Waals surface area contributed by atoms with E-state index in [1.165, 1.54) is 16.7 Å². The van der Waals surface area contributed by atoms with E-state index in [9.17, 15) is 28.5 Å². The summed E-state index contributed by atoms with van der Waals surface area (Å²) in [5.74, 6) is -1.17. The number of aryl methyl sites for hydroxylation is 1. The van der Waals surface area contributed by atoms with Crippen molar-refractivity contribution in [1.82, 2.24) is 14.8 Å². The molecule has 0 saturated carbocycles. The van der Waals surface area contributed by atoms with Crippen LogP contribution in [0.5, 0.6) is 0 Å². The summed E-state index contributed by atoms with van der Waals surface area (Å²) in [5.41, 5.74) is 0.242. The highest BCUT2D eigenvalue weighted by atomic mass is 32.1. The summed E-state index contributed by atoms with van der Waals surface area (Å²) in [7, 11) is 0. The number of nitro benzene ring substituents is 1. The number of hydrogen-bond donors (Lipinski definition) is 1. The molecule has 3 aromatic rings. The maximum absolute atomic E-state index is 12.4.